The largest absolute Gasteiger partial charge is 0.494 e. The Balaban J connectivity index is 1.69. The molecule has 40 heavy (non-hydrogen) atoms. The van der Waals surface area contributed by atoms with Crippen molar-refractivity contribution in [3.63, 3.8) is 0 Å². The van der Waals surface area contributed by atoms with Gasteiger partial charge in [0.05, 0.1) is 22.9 Å². The summed E-state index contributed by atoms with van der Waals surface area (Å²) in [6.45, 7) is 2.88. The van der Waals surface area contributed by atoms with Crippen molar-refractivity contribution in [3.8, 4) is 16.9 Å². The number of rotatable bonds is 6. The van der Waals surface area contributed by atoms with Gasteiger partial charge < -0.3 is 14.7 Å². The molecule has 1 fully saturated rings. The summed E-state index contributed by atoms with van der Waals surface area (Å²) in [5.74, 6) is -1.38. The van der Waals surface area contributed by atoms with Crippen LogP contribution in [0.25, 0.3) is 11.1 Å². The highest BCUT2D eigenvalue weighted by atomic mass is 35.5. The Morgan fingerprint density at radius 3 is 2.42 bits per heavy atom. The highest BCUT2D eigenvalue weighted by Gasteiger charge is 2.41. The van der Waals surface area contributed by atoms with Crippen LogP contribution in [0.15, 0.2) is 59.5 Å². The Labute approximate surface area is 239 Å². The zero-order valence-electron chi connectivity index (χ0n) is 22.4. The molecule has 2 aliphatic rings. The summed E-state index contributed by atoms with van der Waals surface area (Å²) in [6.07, 6.45) is 5.20. The van der Waals surface area contributed by atoms with Gasteiger partial charge >= 0.3 is 5.97 Å². The molecule has 0 amide bonds. The highest BCUT2D eigenvalue weighted by molar-refractivity contribution is 7.89. The van der Waals surface area contributed by atoms with Crippen LogP contribution >= 0.6 is 11.6 Å². The number of carbonyl (C=O) groups is 1. The molecule has 0 aromatic heterocycles. The highest BCUT2D eigenvalue weighted by Crippen LogP contribution is 2.45. The normalized spacial score (nSPS) is 19.6. The monoisotopic (exact) mass is 586 g/mol. The zero-order valence-corrected chi connectivity index (χ0v) is 24.0. The van der Waals surface area contributed by atoms with E-state index in [1.54, 1.807) is 13.1 Å². The number of anilines is 2. The summed E-state index contributed by atoms with van der Waals surface area (Å²) >= 11 is 6.76. The number of hydrogen-bond acceptors (Lipinski definition) is 5. The van der Waals surface area contributed by atoms with Crippen molar-refractivity contribution >= 4 is 39.0 Å². The van der Waals surface area contributed by atoms with E-state index in [2.05, 4.69) is 0 Å². The molecular weight excluding hydrogens is 555 g/mol. The molecule has 10 heteroatoms. The Kier molecular flexibility index (Phi) is 8.08. The number of halogens is 2. The number of sulfonamides is 1. The van der Waals surface area contributed by atoms with Crippen LogP contribution in [0.1, 0.15) is 49.4 Å². The van der Waals surface area contributed by atoms with Gasteiger partial charge in [0.15, 0.2) is 0 Å². The lowest BCUT2D eigenvalue weighted by Crippen LogP contribution is -2.46. The molecule has 0 radical (unpaired) electrons. The van der Waals surface area contributed by atoms with Crippen molar-refractivity contribution in [2.75, 3.05) is 25.1 Å². The van der Waals surface area contributed by atoms with Gasteiger partial charge in [0.2, 0.25) is 10.0 Å². The number of carboxylic acid groups (broad SMARTS) is 1. The Hall–Kier alpha value is -3.14. The maximum absolute atomic E-state index is 14.2. The minimum absolute atomic E-state index is 0.0581. The minimum atomic E-state index is -3.98. The van der Waals surface area contributed by atoms with Crippen LogP contribution in [0.4, 0.5) is 15.8 Å². The summed E-state index contributed by atoms with van der Waals surface area (Å²) in [4.78, 5) is 13.6. The number of ether oxygens (including phenoxy) is 1. The minimum Gasteiger partial charge on any atom is -0.494 e. The summed E-state index contributed by atoms with van der Waals surface area (Å²) in [5, 5.41) is 9.66. The van der Waals surface area contributed by atoms with Crippen LogP contribution in [0.2, 0.25) is 5.02 Å². The number of likely N-dealkylation sites (N-methyl/N-ethyl adjacent to an activating group) is 1. The Morgan fingerprint density at radius 1 is 1.07 bits per heavy atom. The Morgan fingerprint density at radius 2 is 1.77 bits per heavy atom. The summed E-state index contributed by atoms with van der Waals surface area (Å²) < 4.78 is 49.6. The van der Waals surface area contributed by atoms with E-state index in [1.807, 2.05) is 36.1 Å². The molecule has 5 rings (SSSR count). The van der Waals surface area contributed by atoms with Crippen LogP contribution in [0.3, 0.4) is 0 Å². The van der Waals surface area contributed by atoms with Gasteiger partial charge in [-0.15, -0.1) is 0 Å². The van der Waals surface area contributed by atoms with E-state index in [0.717, 1.165) is 43.9 Å². The molecule has 1 N–H and O–H groups in total. The topological polar surface area (TPSA) is 87.2 Å². The van der Waals surface area contributed by atoms with E-state index < -0.39 is 27.4 Å². The molecule has 3 aromatic carbocycles. The standard InChI is InChI=1S/C30H32ClFN2O5S/c1-3-39-22-12-10-21(11-13-22)34-18-28(19-7-5-4-6-8-19)33(2)40(37,38)29-16-23(25(31)17-27(29)34)20-9-14-26(32)24(15-20)30(35)36/h9-17,19,28H,3-8,18H2,1-2H3,(H,35,36)/t28-/m0/s1. The van der Waals surface area contributed by atoms with Gasteiger partial charge in [0, 0.05) is 30.9 Å². The first kappa shape index (κ1) is 28.4. The van der Waals surface area contributed by atoms with Gasteiger partial charge in [-0.05, 0) is 79.8 Å². The van der Waals surface area contributed by atoms with E-state index in [0.29, 0.717) is 35.7 Å². The number of fused-ring (bicyclic) bond motifs is 1. The molecule has 1 atom stereocenters. The van der Waals surface area contributed by atoms with E-state index >= 15 is 0 Å². The maximum Gasteiger partial charge on any atom is 0.338 e. The molecule has 0 bridgehead atoms. The molecule has 1 aliphatic carbocycles. The van der Waals surface area contributed by atoms with Crippen molar-refractivity contribution in [1.29, 1.82) is 0 Å². The summed E-state index contributed by atoms with van der Waals surface area (Å²) in [5.41, 5.74) is 1.34. The first-order chi connectivity index (χ1) is 19.1. The van der Waals surface area contributed by atoms with Gasteiger partial charge in [-0.1, -0.05) is 36.9 Å². The lowest BCUT2D eigenvalue weighted by Gasteiger charge is -2.36. The van der Waals surface area contributed by atoms with Gasteiger partial charge in [-0.25, -0.2) is 17.6 Å². The fourth-order valence-corrected chi connectivity index (χ4v) is 7.74. The average Bonchev–Trinajstić information content (AvgIpc) is 3.02. The van der Waals surface area contributed by atoms with Crippen molar-refractivity contribution in [2.24, 2.45) is 5.92 Å². The number of nitrogens with zero attached hydrogens (tertiary/aromatic N) is 2. The van der Waals surface area contributed by atoms with Crippen molar-refractivity contribution in [3.05, 3.63) is 71.0 Å². The van der Waals surface area contributed by atoms with Gasteiger partial charge in [0.1, 0.15) is 16.5 Å². The lowest BCUT2D eigenvalue weighted by molar-refractivity contribution is 0.0692. The van der Waals surface area contributed by atoms with Crippen molar-refractivity contribution in [2.45, 2.75) is 50.0 Å². The first-order valence-corrected chi connectivity index (χ1v) is 15.3. The zero-order chi connectivity index (χ0) is 28.6. The van der Waals surface area contributed by atoms with E-state index in [9.17, 15) is 22.7 Å². The molecule has 3 aromatic rings. The first-order valence-electron chi connectivity index (χ1n) is 13.5. The molecular formula is C30H32ClFN2O5S. The molecule has 1 heterocycles. The molecule has 0 unspecified atom stereocenters. The van der Waals surface area contributed by atoms with E-state index in [1.165, 1.54) is 22.5 Å². The molecule has 7 nitrogen and oxygen atoms in total. The maximum atomic E-state index is 14.2. The SMILES string of the molecule is CCOc1ccc(N2C[C@@H](C3CCCCC3)N(C)S(=O)(=O)c3cc(-c4ccc(F)c(C(=O)O)c4)c(Cl)cc32)cc1. The quantitative estimate of drug-likeness (QED) is 0.336. The third-order valence-corrected chi connectivity index (χ3v) is 10.2. The molecule has 1 saturated carbocycles. The predicted molar refractivity (Wildman–Crippen MR) is 154 cm³/mol. The Bertz CT molecular complexity index is 1520. The van der Waals surface area contributed by atoms with Crippen LogP contribution < -0.4 is 9.64 Å². The van der Waals surface area contributed by atoms with Crippen LogP contribution in [-0.4, -0.2) is 50.0 Å². The lowest BCUT2D eigenvalue weighted by atomic mass is 9.83. The smallest absolute Gasteiger partial charge is 0.338 e. The molecule has 0 spiro atoms. The second-order valence-corrected chi connectivity index (χ2v) is 12.7. The van der Waals surface area contributed by atoms with E-state index in [4.69, 9.17) is 16.3 Å². The van der Waals surface area contributed by atoms with Gasteiger partial charge in [-0.3, -0.25) is 0 Å². The van der Waals surface area contributed by atoms with Gasteiger partial charge in [-0.2, -0.15) is 4.31 Å². The number of aromatic carboxylic acids is 1. The summed E-state index contributed by atoms with van der Waals surface area (Å²) in [6, 6.07) is 14.0. The molecule has 212 valence electrons. The average molecular weight is 587 g/mol. The van der Waals surface area contributed by atoms with E-state index in [-0.39, 0.29) is 21.9 Å². The third kappa shape index (κ3) is 5.30. The second-order valence-electron chi connectivity index (χ2n) is 10.3. The van der Waals surface area contributed by atoms with Crippen LogP contribution in [-0.2, 0) is 10.0 Å². The number of hydrogen-bond donors (Lipinski definition) is 1. The fourth-order valence-electron chi connectivity index (χ4n) is 5.87. The summed E-state index contributed by atoms with van der Waals surface area (Å²) in [7, 11) is -2.34. The van der Waals surface area contributed by atoms with Gasteiger partial charge in [0.25, 0.3) is 0 Å². The number of benzene rings is 3. The van der Waals surface area contributed by atoms with Crippen molar-refractivity contribution in [1.82, 2.24) is 4.31 Å². The number of carboxylic acids is 1. The molecule has 0 saturated heterocycles. The van der Waals surface area contributed by atoms with Crippen LogP contribution in [0.5, 0.6) is 5.75 Å². The third-order valence-electron chi connectivity index (χ3n) is 7.99. The fraction of sp³-hybridized carbons (Fsp3) is 0.367. The van der Waals surface area contributed by atoms with Crippen molar-refractivity contribution < 1.29 is 27.4 Å². The second kappa shape index (κ2) is 11.4. The molecule has 1 aliphatic heterocycles. The van der Waals surface area contributed by atoms with Crippen LogP contribution in [0, 0.1) is 11.7 Å². The predicted octanol–water partition coefficient (Wildman–Crippen LogP) is 6.96.